The number of hydrogen-bond acceptors (Lipinski definition) is 4. The Morgan fingerprint density at radius 2 is 2.00 bits per heavy atom. The van der Waals surface area contributed by atoms with Crippen LogP contribution in [0.2, 0.25) is 0 Å². The zero-order valence-corrected chi connectivity index (χ0v) is 8.45. The third-order valence-corrected chi connectivity index (χ3v) is 2.50. The molecule has 1 heterocycles. The number of carbonyl (C=O) groups excluding carboxylic acids is 2. The summed E-state index contributed by atoms with van der Waals surface area (Å²) in [5, 5.41) is 3.93. The molecule has 5 heteroatoms. The molecule has 80 valence electrons. The van der Waals surface area contributed by atoms with Crippen LogP contribution in [0.15, 0.2) is 0 Å². The van der Waals surface area contributed by atoms with E-state index in [0.717, 1.165) is 30.9 Å². The summed E-state index contributed by atoms with van der Waals surface area (Å²) in [6.07, 6.45) is 1.81. The van der Waals surface area contributed by atoms with Crippen LogP contribution in [-0.2, 0) is 9.59 Å². The summed E-state index contributed by atoms with van der Waals surface area (Å²) in [4.78, 5) is 22.8. The highest BCUT2D eigenvalue weighted by atomic mass is 16.2. The highest BCUT2D eigenvalue weighted by molar-refractivity contribution is 5.95. The van der Waals surface area contributed by atoms with Crippen molar-refractivity contribution in [2.45, 2.75) is 26.2 Å². The van der Waals surface area contributed by atoms with E-state index in [1.165, 1.54) is 0 Å². The Bertz CT molecular complexity index is 224. The number of nitrogens with one attached hydrogen (secondary N) is 1. The first-order chi connectivity index (χ1) is 6.66. The monoisotopic (exact) mass is 199 g/mol. The fourth-order valence-corrected chi connectivity index (χ4v) is 1.56. The van der Waals surface area contributed by atoms with Crippen molar-refractivity contribution in [3.05, 3.63) is 0 Å². The lowest BCUT2D eigenvalue weighted by Gasteiger charge is -2.25. The van der Waals surface area contributed by atoms with Crippen molar-refractivity contribution in [3.8, 4) is 0 Å². The zero-order valence-electron chi connectivity index (χ0n) is 8.45. The van der Waals surface area contributed by atoms with Crippen molar-refractivity contribution in [1.29, 1.82) is 0 Å². The van der Waals surface area contributed by atoms with Gasteiger partial charge in [-0.15, -0.1) is 0 Å². The second-order valence-electron chi connectivity index (χ2n) is 3.48. The van der Waals surface area contributed by atoms with E-state index in [4.69, 9.17) is 5.84 Å². The van der Waals surface area contributed by atoms with E-state index in [9.17, 15) is 9.59 Å². The van der Waals surface area contributed by atoms with Gasteiger partial charge in [-0.2, -0.15) is 0 Å². The van der Waals surface area contributed by atoms with Crippen LogP contribution in [-0.4, -0.2) is 29.9 Å². The largest absolute Gasteiger partial charge is 0.317 e. The van der Waals surface area contributed by atoms with Crippen LogP contribution >= 0.6 is 0 Å². The van der Waals surface area contributed by atoms with E-state index in [1.54, 1.807) is 6.92 Å². The molecule has 3 N–H and O–H groups in total. The Morgan fingerprint density at radius 3 is 2.50 bits per heavy atom. The SMILES string of the molecule is CCC(=O)N(N)C(=O)C1CCNCC1. The van der Waals surface area contributed by atoms with Gasteiger partial charge in [0.05, 0.1) is 0 Å². The minimum absolute atomic E-state index is 0.0863. The third kappa shape index (κ3) is 2.52. The maximum absolute atomic E-state index is 11.7. The maximum Gasteiger partial charge on any atom is 0.246 e. The lowest BCUT2D eigenvalue weighted by molar-refractivity contribution is -0.148. The topological polar surface area (TPSA) is 75.4 Å². The average molecular weight is 199 g/mol. The Kier molecular flexibility index (Phi) is 4.03. The lowest BCUT2D eigenvalue weighted by atomic mass is 9.97. The van der Waals surface area contributed by atoms with Crippen molar-refractivity contribution >= 4 is 11.8 Å². The summed E-state index contributed by atoms with van der Waals surface area (Å²) < 4.78 is 0. The predicted molar refractivity (Wildman–Crippen MR) is 51.9 cm³/mol. The van der Waals surface area contributed by atoms with Gasteiger partial charge in [-0.1, -0.05) is 6.92 Å². The first kappa shape index (κ1) is 11.1. The summed E-state index contributed by atoms with van der Waals surface area (Å²) in [6, 6.07) is 0. The molecule has 0 unspecified atom stereocenters. The molecule has 1 rings (SSSR count). The first-order valence-corrected chi connectivity index (χ1v) is 4.99. The number of piperidine rings is 1. The quantitative estimate of drug-likeness (QED) is 0.361. The summed E-state index contributed by atoms with van der Waals surface area (Å²) in [5.74, 6) is 4.78. The van der Waals surface area contributed by atoms with E-state index in [-0.39, 0.29) is 24.2 Å². The number of carbonyl (C=O) groups is 2. The smallest absolute Gasteiger partial charge is 0.246 e. The molecule has 1 saturated heterocycles. The van der Waals surface area contributed by atoms with Gasteiger partial charge in [0.15, 0.2) is 0 Å². The number of hydrogen-bond donors (Lipinski definition) is 2. The van der Waals surface area contributed by atoms with Crippen molar-refractivity contribution in [3.63, 3.8) is 0 Å². The van der Waals surface area contributed by atoms with Crippen LogP contribution in [0.3, 0.4) is 0 Å². The van der Waals surface area contributed by atoms with E-state index in [2.05, 4.69) is 5.32 Å². The molecule has 0 aromatic heterocycles. The molecule has 2 amide bonds. The van der Waals surface area contributed by atoms with Gasteiger partial charge in [0.1, 0.15) is 0 Å². The highest BCUT2D eigenvalue weighted by Gasteiger charge is 2.26. The van der Waals surface area contributed by atoms with Gasteiger partial charge in [-0.05, 0) is 25.9 Å². The Morgan fingerprint density at radius 1 is 1.43 bits per heavy atom. The maximum atomic E-state index is 11.7. The third-order valence-electron chi connectivity index (χ3n) is 2.50. The molecule has 1 aliphatic heterocycles. The van der Waals surface area contributed by atoms with Gasteiger partial charge in [-0.25, -0.2) is 10.9 Å². The molecule has 1 aliphatic rings. The molecule has 0 bridgehead atoms. The summed E-state index contributed by atoms with van der Waals surface area (Å²) in [6.45, 7) is 3.34. The van der Waals surface area contributed by atoms with E-state index in [0.29, 0.717) is 0 Å². The summed E-state index contributed by atoms with van der Waals surface area (Å²) in [7, 11) is 0. The van der Waals surface area contributed by atoms with Crippen LogP contribution in [0, 0.1) is 5.92 Å². The minimum atomic E-state index is -0.312. The van der Waals surface area contributed by atoms with Crippen molar-refractivity contribution in [2.75, 3.05) is 13.1 Å². The fourth-order valence-electron chi connectivity index (χ4n) is 1.56. The van der Waals surface area contributed by atoms with E-state index in [1.807, 2.05) is 0 Å². The van der Waals surface area contributed by atoms with Gasteiger partial charge < -0.3 is 5.32 Å². The summed E-state index contributed by atoms with van der Waals surface area (Å²) in [5.41, 5.74) is 0. The Labute approximate surface area is 83.6 Å². The standard InChI is InChI=1S/C9H17N3O2/c1-2-8(13)12(10)9(14)7-3-5-11-6-4-7/h7,11H,2-6,10H2,1H3. The number of nitrogens with zero attached hydrogens (tertiary/aromatic N) is 1. The fraction of sp³-hybridized carbons (Fsp3) is 0.778. The Hall–Kier alpha value is -0.940. The number of hydrazine groups is 1. The van der Waals surface area contributed by atoms with Crippen LogP contribution in [0.1, 0.15) is 26.2 Å². The first-order valence-electron chi connectivity index (χ1n) is 4.99. The van der Waals surface area contributed by atoms with Crippen molar-refractivity contribution < 1.29 is 9.59 Å². The van der Waals surface area contributed by atoms with Gasteiger partial charge in [0.25, 0.3) is 0 Å². The predicted octanol–water partition coefficient (Wildman–Crippen LogP) is -0.375. The molecule has 0 aromatic carbocycles. The molecule has 0 atom stereocenters. The molecule has 0 aliphatic carbocycles. The van der Waals surface area contributed by atoms with Crippen LogP contribution in [0.25, 0.3) is 0 Å². The van der Waals surface area contributed by atoms with Gasteiger partial charge in [0.2, 0.25) is 11.8 Å². The number of rotatable bonds is 2. The van der Waals surface area contributed by atoms with Crippen LogP contribution in [0.4, 0.5) is 0 Å². The van der Waals surface area contributed by atoms with Crippen LogP contribution < -0.4 is 11.2 Å². The molecule has 0 saturated carbocycles. The zero-order chi connectivity index (χ0) is 10.6. The summed E-state index contributed by atoms with van der Waals surface area (Å²) >= 11 is 0. The molecular formula is C9H17N3O2. The number of amides is 2. The molecule has 14 heavy (non-hydrogen) atoms. The molecule has 0 aromatic rings. The van der Waals surface area contributed by atoms with Gasteiger partial charge >= 0.3 is 0 Å². The normalized spacial score (nSPS) is 17.9. The number of nitrogens with two attached hydrogens (primary N) is 1. The highest BCUT2D eigenvalue weighted by Crippen LogP contribution is 2.13. The van der Waals surface area contributed by atoms with E-state index >= 15 is 0 Å². The number of imide groups is 1. The molecule has 0 radical (unpaired) electrons. The van der Waals surface area contributed by atoms with Crippen LogP contribution in [0.5, 0.6) is 0 Å². The van der Waals surface area contributed by atoms with Gasteiger partial charge in [-0.3, -0.25) is 9.59 Å². The van der Waals surface area contributed by atoms with Crippen molar-refractivity contribution in [2.24, 2.45) is 11.8 Å². The molecule has 5 nitrogen and oxygen atoms in total. The second kappa shape index (κ2) is 5.07. The molecule has 0 spiro atoms. The minimum Gasteiger partial charge on any atom is -0.317 e. The lowest BCUT2D eigenvalue weighted by Crippen LogP contribution is -2.47. The molecular weight excluding hydrogens is 182 g/mol. The van der Waals surface area contributed by atoms with Gasteiger partial charge in [0, 0.05) is 12.3 Å². The Balaban J connectivity index is 2.50. The average Bonchev–Trinajstić information content (AvgIpc) is 2.27. The van der Waals surface area contributed by atoms with E-state index < -0.39 is 0 Å². The second-order valence-corrected chi connectivity index (χ2v) is 3.48. The molecule has 1 fully saturated rings. The van der Waals surface area contributed by atoms with Crippen molar-refractivity contribution in [1.82, 2.24) is 10.3 Å².